The smallest absolute Gasteiger partial charge is 0.256 e. The fourth-order valence-electron chi connectivity index (χ4n) is 1.99. The van der Waals surface area contributed by atoms with E-state index in [-0.39, 0.29) is 12.0 Å². The van der Waals surface area contributed by atoms with Crippen LogP contribution in [-0.4, -0.2) is 37.1 Å². The van der Waals surface area contributed by atoms with Crippen LogP contribution < -0.4 is 5.73 Å². The molecule has 0 bridgehead atoms. The fraction of sp³-hybridized carbons (Fsp3) is 0.417. The summed E-state index contributed by atoms with van der Waals surface area (Å²) in [6, 6.07) is 5.33. The Bertz CT molecular complexity index is 437. The van der Waals surface area contributed by atoms with Crippen molar-refractivity contribution in [2.24, 2.45) is 0 Å². The molecule has 1 fully saturated rings. The molecule has 2 N–H and O–H groups in total. The van der Waals surface area contributed by atoms with Gasteiger partial charge in [-0.3, -0.25) is 4.79 Å². The van der Waals surface area contributed by atoms with Gasteiger partial charge in [-0.05, 0) is 24.6 Å². The van der Waals surface area contributed by atoms with Gasteiger partial charge >= 0.3 is 0 Å². The van der Waals surface area contributed by atoms with E-state index in [0.29, 0.717) is 17.8 Å². The Morgan fingerprint density at radius 1 is 1.59 bits per heavy atom. The van der Waals surface area contributed by atoms with Crippen molar-refractivity contribution in [2.75, 3.05) is 25.9 Å². The molecule has 1 aliphatic heterocycles. The van der Waals surface area contributed by atoms with Crippen molar-refractivity contribution in [3.8, 4) is 0 Å². The minimum absolute atomic E-state index is 0.0247. The number of carbonyl (C=O) groups excluding carboxylic acids is 1. The number of amides is 1. The molecule has 1 amide bonds. The summed E-state index contributed by atoms with van der Waals surface area (Å²) < 4.78 is 6.11. The van der Waals surface area contributed by atoms with E-state index < -0.39 is 0 Å². The molecule has 17 heavy (non-hydrogen) atoms. The lowest BCUT2D eigenvalue weighted by Crippen LogP contribution is -2.30. The maximum Gasteiger partial charge on any atom is 0.256 e. The van der Waals surface area contributed by atoms with Crippen LogP contribution in [0, 0.1) is 0 Å². The number of rotatable bonds is 2. The largest absolute Gasteiger partial charge is 0.398 e. The zero-order chi connectivity index (χ0) is 12.4. The van der Waals surface area contributed by atoms with Crippen molar-refractivity contribution >= 4 is 27.5 Å². The summed E-state index contributed by atoms with van der Waals surface area (Å²) in [5.41, 5.74) is 6.89. The van der Waals surface area contributed by atoms with Crippen molar-refractivity contribution in [2.45, 2.75) is 12.5 Å². The molecule has 1 aromatic rings. The summed E-state index contributed by atoms with van der Waals surface area (Å²) in [7, 11) is 1.67. The highest BCUT2D eigenvalue weighted by molar-refractivity contribution is 9.10. The summed E-state index contributed by atoms with van der Waals surface area (Å²) >= 11 is 3.35. The van der Waals surface area contributed by atoms with E-state index >= 15 is 0 Å². The van der Waals surface area contributed by atoms with Gasteiger partial charge in [0.1, 0.15) is 0 Å². The maximum absolute atomic E-state index is 12.3. The van der Waals surface area contributed by atoms with Gasteiger partial charge in [0.2, 0.25) is 0 Å². The standard InChI is InChI=1S/C12H15BrN2O2/c1-17-9-4-5-15(7-9)12(16)10-6-8(13)2-3-11(10)14/h2-3,6,9H,4-5,7,14H2,1H3. The van der Waals surface area contributed by atoms with E-state index in [0.717, 1.165) is 17.4 Å². The number of hydrogen-bond donors (Lipinski definition) is 1. The normalized spacial score (nSPS) is 19.6. The third-order valence-corrected chi connectivity index (χ3v) is 3.50. The van der Waals surface area contributed by atoms with Crippen LogP contribution in [0.4, 0.5) is 5.69 Å². The number of likely N-dealkylation sites (tertiary alicyclic amines) is 1. The van der Waals surface area contributed by atoms with Crippen molar-refractivity contribution in [3.63, 3.8) is 0 Å². The molecule has 1 aliphatic rings. The summed E-state index contributed by atoms with van der Waals surface area (Å²) in [5.74, 6) is -0.0247. The molecule has 0 saturated carbocycles. The van der Waals surface area contributed by atoms with Gasteiger partial charge in [-0.25, -0.2) is 0 Å². The van der Waals surface area contributed by atoms with Gasteiger partial charge in [0.05, 0.1) is 11.7 Å². The molecule has 1 heterocycles. The van der Waals surface area contributed by atoms with Crippen LogP contribution in [0.3, 0.4) is 0 Å². The van der Waals surface area contributed by atoms with Crippen molar-refractivity contribution in [1.82, 2.24) is 4.90 Å². The Hall–Kier alpha value is -1.07. The highest BCUT2D eigenvalue weighted by Gasteiger charge is 2.27. The van der Waals surface area contributed by atoms with Gasteiger partial charge in [0.15, 0.2) is 0 Å². The number of ether oxygens (including phenoxy) is 1. The zero-order valence-corrected chi connectivity index (χ0v) is 11.2. The number of halogens is 1. The van der Waals surface area contributed by atoms with E-state index in [9.17, 15) is 4.79 Å². The first-order valence-electron chi connectivity index (χ1n) is 5.49. The van der Waals surface area contributed by atoms with Crippen LogP contribution in [-0.2, 0) is 4.74 Å². The van der Waals surface area contributed by atoms with Crippen LogP contribution in [0.25, 0.3) is 0 Å². The molecule has 0 spiro atoms. The average Bonchev–Trinajstić information content (AvgIpc) is 2.80. The van der Waals surface area contributed by atoms with Crippen molar-refractivity contribution < 1.29 is 9.53 Å². The number of hydrogen-bond acceptors (Lipinski definition) is 3. The van der Waals surface area contributed by atoms with Crippen LogP contribution in [0.15, 0.2) is 22.7 Å². The summed E-state index contributed by atoms with van der Waals surface area (Å²) in [6.07, 6.45) is 1.03. The number of methoxy groups -OCH3 is 1. The third-order valence-electron chi connectivity index (χ3n) is 3.01. The zero-order valence-electron chi connectivity index (χ0n) is 9.65. The van der Waals surface area contributed by atoms with Gasteiger partial charge in [-0.1, -0.05) is 15.9 Å². The lowest BCUT2D eigenvalue weighted by atomic mass is 10.1. The molecule has 2 rings (SSSR count). The molecule has 1 aromatic carbocycles. The molecule has 92 valence electrons. The molecule has 1 saturated heterocycles. The molecule has 5 heteroatoms. The molecule has 4 nitrogen and oxygen atoms in total. The van der Waals surface area contributed by atoms with E-state index in [4.69, 9.17) is 10.5 Å². The van der Waals surface area contributed by atoms with Gasteiger partial charge in [-0.15, -0.1) is 0 Å². The Labute approximate surface area is 109 Å². The van der Waals surface area contributed by atoms with E-state index in [1.807, 2.05) is 6.07 Å². The predicted molar refractivity (Wildman–Crippen MR) is 69.9 cm³/mol. The number of nitrogen functional groups attached to an aromatic ring is 1. The fourth-order valence-corrected chi connectivity index (χ4v) is 2.35. The van der Waals surface area contributed by atoms with Gasteiger partial charge in [0, 0.05) is 30.4 Å². The molecule has 0 aliphatic carbocycles. The predicted octanol–water partition coefficient (Wildman–Crippen LogP) is 1.89. The van der Waals surface area contributed by atoms with Gasteiger partial charge in [-0.2, -0.15) is 0 Å². The van der Waals surface area contributed by atoms with Gasteiger partial charge in [0.25, 0.3) is 5.91 Å². The van der Waals surface area contributed by atoms with Crippen molar-refractivity contribution in [3.05, 3.63) is 28.2 Å². The van der Waals surface area contributed by atoms with E-state index in [1.165, 1.54) is 0 Å². The molecule has 0 aromatic heterocycles. The van der Waals surface area contributed by atoms with E-state index in [2.05, 4.69) is 15.9 Å². The Balaban J connectivity index is 2.17. The Kier molecular flexibility index (Phi) is 3.69. The number of benzene rings is 1. The number of anilines is 1. The summed E-state index contributed by atoms with van der Waals surface area (Å²) in [6.45, 7) is 1.37. The Morgan fingerprint density at radius 3 is 3.00 bits per heavy atom. The number of nitrogens with two attached hydrogens (primary N) is 1. The van der Waals surface area contributed by atoms with Crippen molar-refractivity contribution in [1.29, 1.82) is 0 Å². The summed E-state index contributed by atoms with van der Waals surface area (Å²) in [5, 5.41) is 0. The summed E-state index contributed by atoms with van der Waals surface area (Å²) in [4.78, 5) is 14.0. The molecular weight excluding hydrogens is 284 g/mol. The lowest BCUT2D eigenvalue weighted by molar-refractivity contribution is 0.0725. The quantitative estimate of drug-likeness (QED) is 0.849. The SMILES string of the molecule is COC1CCN(C(=O)c2cc(Br)ccc2N)C1. The van der Waals surface area contributed by atoms with Crippen LogP contribution in [0.5, 0.6) is 0 Å². The average molecular weight is 299 g/mol. The lowest BCUT2D eigenvalue weighted by Gasteiger charge is -2.17. The molecule has 1 atom stereocenters. The maximum atomic E-state index is 12.3. The second-order valence-electron chi connectivity index (χ2n) is 4.13. The minimum atomic E-state index is -0.0247. The van der Waals surface area contributed by atoms with Crippen LogP contribution >= 0.6 is 15.9 Å². The van der Waals surface area contributed by atoms with Crippen LogP contribution in [0.1, 0.15) is 16.8 Å². The van der Waals surface area contributed by atoms with E-state index in [1.54, 1.807) is 24.1 Å². The van der Waals surface area contributed by atoms with Gasteiger partial charge < -0.3 is 15.4 Å². The van der Waals surface area contributed by atoms with Crippen LogP contribution in [0.2, 0.25) is 0 Å². The highest BCUT2D eigenvalue weighted by atomic mass is 79.9. The first kappa shape index (κ1) is 12.4. The topological polar surface area (TPSA) is 55.6 Å². The molecular formula is C12H15BrN2O2. The minimum Gasteiger partial charge on any atom is -0.398 e. The Morgan fingerprint density at radius 2 is 2.35 bits per heavy atom. The highest BCUT2D eigenvalue weighted by Crippen LogP contribution is 2.22. The second kappa shape index (κ2) is 5.06. The molecule has 1 unspecified atom stereocenters. The monoisotopic (exact) mass is 298 g/mol. The first-order chi connectivity index (χ1) is 8.11. The second-order valence-corrected chi connectivity index (χ2v) is 5.04. The number of nitrogens with zero attached hydrogens (tertiary/aromatic N) is 1. The number of carbonyl (C=O) groups is 1. The third kappa shape index (κ3) is 2.61. The first-order valence-corrected chi connectivity index (χ1v) is 6.28. The molecule has 0 radical (unpaired) electrons.